The number of benzene rings is 2. The average molecular weight is 1420 g/mol. The van der Waals surface area contributed by atoms with Gasteiger partial charge in [0.05, 0.1) is 27.7 Å². The summed E-state index contributed by atoms with van der Waals surface area (Å²) in [7, 11) is 0. The Labute approximate surface area is 561 Å². The minimum absolute atomic E-state index is 0.00481. The van der Waals surface area contributed by atoms with Crippen molar-refractivity contribution < 1.29 is 97.5 Å². The largest absolute Gasteiger partial charge is 0.457 e. The van der Waals surface area contributed by atoms with Crippen LogP contribution in [0.1, 0.15) is 165 Å². The monoisotopic (exact) mass is 1420 g/mol. The highest BCUT2D eigenvalue weighted by atomic mass is 127. The molecule has 520 valence electrons. The number of aliphatic hydroxyl groups excluding tert-OH is 7. The third kappa shape index (κ3) is 14.5. The van der Waals surface area contributed by atoms with Crippen molar-refractivity contribution in [1.82, 2.24) is 5.32 Å². The minimum Gasteiger partial charge on any atom is -0.457 e. The third-order valence-corrected chi connectivity index (χ3v) is 24.8. The van der Waals surface area contributed by atoms with Crippen LogP contribution >= 0.6 is 22.6 Å². The molecule has 0 radical (unpaired) electrons. The number of ether oxygens (including phenoxy) is 10. The van der Waals surface area contributed by atoms with Crippen LogP contribution in [0.3, 0.4) is 0 Å². The van der Waals surface area contributed by atoms with E-state index in [1.54, 1.807) is 20.8 Å². The summed E-state index contributed by atoms with van der Waals surface area (Å²) in [4.78, 5) is 43.0. The van der Waals surface area contributed by atoms with Crippen LogP contribution in [0.2, 0.25) is 0 Å². The number of esters is 1. The van der Waals surface area contributed by atoms with Gasteiger partial charge in [-0.2, -0.15) is 0 Å². The van der Waals surface area contributed by atoms with Gasteiger partial charge < -0.3 is 93.2 Å². The van der Waals surface area contributed by atoms with E-state index >= 15 is 4.79 Å². The molecule has 22 heteroatoms. The molecule has 0 spiro atoms. The number of unbranched alkanes of at least 4 members (excludes halogenated alkanes) is 5. The van der Waals surface area contributed by atoms with Crippen molar-refractivity contribution in [2.75, 3.05) is 13.2 Å². The number of aryl methyl sites for hydroxylation is 1. The number of halogens is 1. The number of aldehydes is 1. The number of allylic oxidation sites excluding steroid dienone is 2. The van der Waals surface area contributed by atoms with Crippen molar-refractivity contribution >= 4 is 40.8 Å². The number of para-hydroxylation sites is 1. The molecule has 16 unspecified atom stereocenters. The second-order valence-corrected chi connectivity index (χ2v) is 31.3. The molecule has 7 fully saturated rings. The number of hydrogen-bond acceptors (Lipinski definition) is 20. The lowest BCUT2D eigenvalue weighted by molar-refractivity contribution is -0.351. The smallest absolute Gasteiger partial charge is 0.318 e. The molecule has 21 nitrogen and oxygen atoms in total. The van der Waals surface area contributed by atoms with Crippen LogP contribution in [0.4, 0.5) is 0 Å². The van der Waals surface area contributed by atoms with Crippen molar-refractivity contribution in [3.63, 3.8) is 0 Å². The van der Waals surface area contributed by atoms with Gasteiger partial charge in [0.15, 0.2) is 37.4 Å². The van der Waals surface area contributed by atoms with E-state index in [1.165, 1.54) is 5.56 Å². The van der Waals surface area contributed by atoms with Gasteiger partial charge in [-0.1, -0.05) is 139 Å². The third-order valence-electron chi connectivity index (χ3n) is 23.0. The minimum atomic E-state index is -1.77. The van der Waals surface area contributed by atoms with Crippen LogP contribution in [-0.2, 0) is 63.4 Å². The fourth-order valence-electron chi connectivity index (χ4n) is 17.2. The Morgan fingerprint density at radius 2 is 1.42 bits per heavy atom. The Hall–Kier alpha value is -3.28. The molecule has 0 bridgehead atoms. The highest BCUT2D eigenvalue weighted by Gasteiger charge is 2.72. The Morgan fingerprint density at radius 3 is 2.11 bits per heavy atom. The molecule has 8 aliphatic rings. The molecular weight excluding hydrogens is 1310 g/mol. The number of aliphatic hydroxyl groups is 7. The van der Waals surface area contributed by atoms with Gasteiger partial charge in [0.25, 0.3) is 5.91 Å². The fourth-order valence-corrected chi connectivity index (χ4v) is 19.1. The van der Waals surface area contributed by atoms with Gasteiger partial charge in [0.1, 0.15) is 72.0 Å². The zero-order chi connectivity index (χ0) is 67.2. The number of epoxide rings is 1. The molecule has 4 aliphatic heterocycles. The maximum Gasteiger partial charge on any atom is 0.318 e. The lowest BCUT2D eigenvalue weighted by Crippen LogP contribution is -2.68. The standard InChI is InChI=1S/C71H104INO20/c1-11-84-40(3)86-55-39(2)85-61(53(80)51(55)78)90-58-54(81)57-63(91-57)92-64(58)93-65(83)71(35-34-66(4,5)6)47(75)37-70(10)44(59(71)72)28-29-46-67(7)32-31-48(68(8,38-74)45(67)30-33-69(46,70)9)88-62-52(79)49(76)50(77)56(89-62)60(82)73-36-20-15-13-12-14-17-21-41-24-26-43(27-25-41)87-42-22-18-16-19-23-42/h16,18-19,22-28,38-40,45-59,61-64,75-81H,11-15,17,20-21,29-37H2,1-10H3,(H,73,82)/t39?,40-,45?,46?,47?,48-,49?,50-,51?,52?,53-,54?,55-,56?,57+,58?,59?,61-,62+,63?,64-,67?,68?,69?,70?,71-/m0/s1. The van der Waals surface area contributed by atoms with Gasteiger partial charge in [-0.25, -0.2) is 0 Å². The number of alkyl halides is 1. The number of fused-ring (bicyclic) bond motifs is 6. The summed E-state index contributed by atoms with van der Waals surface area (Å²) < 4.78 is 59.9. The van der Waals surface area contributed by atoms with Gasteiger partial charge in [-0.15, -0.1) is 0 Å². The highest BCUT2D eigenvalue weighted by molar-refractivity contribution is 14.1. The zero-order valence-electron chi connectivity index (χ0n) is 55.8. The second kappa shape index (κ2) is 29.3. The van der Waals surface area contributed by atoms with E-state index < -0.39 is 154 Å². The maximum atomic E-state index is 15.5. The summed E-state index contributed by atoms with van der Waals surface area (Å²) in [5.74, 6) is -0.00467. The van der Waals surface area contributed by atoms with Gasteiger partial charge in [-0.05, 0) is 155 Å². The molecule has 1 amide bonds. The number of nitrogens with one attached hydrogen (secondary N) is 1. The SMILES string of the molecule is CCO[C@H](C)O[C@H]1C(C)O[C@@H](OC2C(O)[C@H]3OC3O[C@H]2OC(=O)[C@@]2(CCC(C)(C)C)C(O)CC3(C)C(=CCC4C5(C)CC[C@H](O[C@@H]6OC(C(=O)NCCCCCCCCc7ccc(Oc8ccccc8)cc7)[C@@H](O)C(O)C6O)C(C)(C=O)C5CCC43C)C2I)[C@@H](O)C1O. The van der Waals surface area contributed by atoms with Gasteiger partial charge in [0, 0.05) is 13.2 Å². The first-order chi connectivity index (χ1) is 44.0. The quantitative estimate of drug-likeness (QED) is 0.00537. The molecule has 2 aromatic rings. The van der Waals surface area contributed by atoms with Crippen LogP contribution in [0.25, 0.3) is 0 Å². The molecule has 10 rings (SSSR count). The molecule has 8 N–H and O–H groups in total. The second-order valence-electron chi connectivity index (χ2n) is 30.0. The summed E-state index contributed by atoms with van der Waals surface area (Å²) in [6, 6.07) is 17.9. The molecule has 26 atom stereocenters. The first kappa shape index (κ1) is 72.5. The first-order valence-electron chi connectivity index (χ1n) is 34.1. The molecule has 4 saturated heterocycles. The summed E-state index contributed by atoms with van der Waals surface area (Å²) >= 11 is 2.33. The van der Waals surface area contributed by atoms with E-state index in [2.05, 4.69) is 87.7 Å². The fraction of sp³-hybridized carbons (Fsp3) is 0.761. The van der Waals surface area contributed by atoms with E-state index in [1.807, 2.05) is 49.4 Å². The van der Waals surface area contributed by atoms with E-state index in [0.717, 1.165) is 61.9 Å². The van der Waals surface area contributed by atoms with E-state index in [4.69, 9.17) is 47.4 Å². The summed E-state index contributed by atoms with van der Waals surface area (Å²) in [5, 5.41) is 83.9. The zero-order valence-corrected chi connectivity index (χ0v) is 58.0. The Morgan fingerprint density at radius 1 is 0.753 bits per heavy atom. The van der Waals surface area contributed by atoms with E-state index in [0.29, 0.717) is 58.1 Å². The summed E-state index contributed by atoms with van der Waals surface area (Å²) in [6.07, 6.45) is -9.84. The molecule has 0 aromatic heterocycles. The Kier molecular flexibility index (Phi) is 22.8. The normalized spacial score (nSPS) is 42.5. The molecule has 4 aliphatic carbocycles. The predicted molar refractivity (Wildman–Crippen MR) is 348 cm³/mol. The lowest BCUT2D eigenvalue weighted by atomic mass is 9.35. The number of carbonyl (C=O) groups is 3. The van der Waals surface area contributed by atoms with Crippen molar-refractivity contribution in [2.24, 2.45) is 44.3 Å². The van der Waals surface area contributed by atoms with Crippen molar-refractivity contribution in [3.05, 3.63) is 71.8 Å². The molecule has 93 heavy (non-hydrogen) atoms. The number of amides is 1. The van der Waals surface area contributed by atoms with Crippen LogP contribution < -0.4 is 10.1 Å². The van der Waals surface area contributed by atoms with E-state index in [9.17, 15) is 45.3 Å². The number of rotatable bonds is 25. The van der Waals surface area contributed by atoms with Crippen LogP contribution in [0.15, 0.2) is 66.2 Å². The molecule has 3 saturated carbocycles. The predicted octanol–water partition coefficient (Wildman–Crippen LogP) is 8.03. The number of carbonyl (C=O) groups excluding carboxylic acids is 3. The van der Waals surface area contributed by atoms with Crippen molar-refractivity contribution in [2.45, 2.75) is 280 Å². The topological polar surface area (TPSA) is 300 Å². The van der Waals surface area contributed by atoms with Gasteiger partial charge in [-0.3, -0.25) is 9.59 Å². The summed E-state index contributed by atoms with van der Waals surface area (Å²) in [6.45, 7) is 20.7. The van der Waals surface area contributed by atoms with E-state index in [-0.39, 0.29) is 30.1 Å². The van der Waals surface area contributed by atoms with Crippen molar-refractivity contribution in [3.8, 4) is 11.5 Å². The Bertz CT molecular complexity index is 2880. The molecular formula is C71H104INO20. The van der Waals surface area contributed by atoms with Crippen LogP contribution in [0, 0.1) is 44.3 Å². The van der Waals surface area contributed by atoms with Crippen molar-refractivity contribution in [1.29, 1.82) is 0 Å². The summed E-state index contributed by atoms with van der Waals surface area (Å²) in [5.41, 5.74) is -2.19. The number of hydrogen-bond donors (Lipinski definition) is 8. The lowest BCUT2D eigenvalue weighted by Gasteiger charge is -2.70. The first-order valence-corrected chi connectivity index (χ1v) is 35.4. The van der Waals surface area contributed by atoms with Gasteiger partial charge in [0.2, 0.25) is 6.29 Å². The molecule has 4 heterocycles. The van der Waals surface area contributed by atoms with Gasteiger partial charge >= 0.3 is 5.97 Å². The van der Waals surface area contributed by atoms with Crippen LogP contribution in [-0.4, -0.2) is 182 Å². The highest BCUT2D eigenvalue weighted by Crippen LogP contribution is 2.75. The van der Waals surface area contributed by atoms with Crippen LogP contribution in [0.5, 0.6) is 11.5 Å². The molecule has 2 aromatic carbocycles. The maximum absolute atomic E-state index is 15.5. The Balaban J connectivity index is 0.770. The average Bonchev–Trinajstić information content (AvgIpc) is 1.32.